The average Bonchev–Trinajstić information content (AvgIpc) is 2.87. The summed E-state index contributed by atoms with van der Waals surface area (Å²) in [6.45, 7) is 1.77. The number of hydrogen-bond donors (Lipinski definition) is 0. The minimum Gasteiger partial charge on any atom is -0.356 e. The lowest BCUT2D eigenvalue weighted by molar-refractivity contribution is 0.630. The molecule has 0 spiro atoms. The van der Waals surface area contributed by atoms with Crippen molar-refractivity contribution in [3.8, 4) is 11.1 Å². The van der Waals surface area contributed by atoms with Crippen molar-refractivity contribution in [3.63, 3.8) is 0 Å². The Bertz CT molecular complexity index is 871. The Morgan fingerprint density at radius 1 is 1.04 bits per heavy atom. The molecule has 0 N–H and O–H groups in total. The predicted octanol–water partition coefficient (Wildman–Crippen LogP) is 3.96. The average molecular weight is 346 g/mol. The van der Waals surface area contributed by atoms with Gasteiger partial charge < -0.3 is 4.90 Å². The molecule has 0 saturated carbocycles. The third-order valence-electron chi connectivity index (χ3n) is 4.41. The molecular weight excluding hydrogens is 329 g/mol. The lowest BCUT2D eigenvalue weighted by Crippen LogP contribution is -2.27. The van der Waals surface area contributed by atoms with Gasteiger partial charge in [0.05, 0.1) is 5.56 Å². The molecule has 1 aliphatic rings. The quantitative estimate of drug-likeness (QED) is 0.659. The molecule has 1 aromatic carbocycles. The minimum atomic E-state index is -0.322. The Kier molecular flexibility index (Phi) is 4.06. The van der Waals surface area contributed by atoms with Gasteiger partial charge in [0.2, 0.25) is 0 Å². The number of fused-ring (bicyclic) bond motifs is 1. The van der Waals surface area contributed by atoms with Gasteiger partial charge in [0.15, 0.2) is 0 Å². The minimum absolute atomic E-state index is 0.250. The van der Waals surface area contributed by atoms with Crippen LogP contribution in [-0.2, 0) is 0 Å². The molecule has 3 aromatic rings. The lowest BCUT2D eigenvalue weighted by atomic mass is 10.1. The van der Waals surface area contributed by atoms with E-state index < -0.39 is 0 Å². The maximum absolute atomic E-state index is 14.5. The van der Waals surface area contributed by atoms with Crippen molar-refractivity contribution in [2.45, 2.75) is 25.7 Å². The summed E-state index contributed by atoms with van der Waals surface area (Å²) in [5.74, 6) is 0.880. The van der Waals surface area contributed by atoms with E-state index in [0.29, 0.717) is 16.9 Å². The monoisotopic (exact) mass is 345 g/mol. The van der Waals surface area contributed by atoms with Crippen LogP contribution < -0.4 is 4.90 Å². The van der Waals surface area contributed by atoms with Crippen molar-refractivity contribution in [1.82, 2.24) is 19.6 Å². The maximum Gasteiger partial charge on any atom is 0.255 e. The van der Waals surface area contributed by atoms with Gasteiger partial charge in [-0.2, -0.15) is 19.6 Å². The molecule has 24 heavy (non-hydrogen) atoms. The molecule has 5 nitrogen and oxygen atoms in total. The molecule has 0 radical (unpaired) electrons. The molecule has 7 heteroatoms. The van der Waals surface area contributed by atoms with Crippen LogP contribution >= 0.6 is 11.6 Å². The van der Waals surface area contributed by atoms with Crippen LogP contribution in [0, 0.1) is 5.82 Å². The lowest BCUT2D eigenvalue weighted by Gasteiger charge is -2.26. The first-order valence-electron chi connectivity index (χ1n) is 8.15. The standard InChI is InChI=1S/C17H17ClFN5/c18-15-14(12-7-3-4-8-13(12)19)16(23-9-5-1-2-6-10-23)24-17(22-15)20-11-21-24/h3-4,7-8,11H,1-2,5-6,9-10H2. The van der Waals surface area contributed by atoms with E-state index in [2.05, 4.69) is 20.0 Å². The van der Waals surface area contributed by atoms with E-state index in [9.17, 15) is 4.39 Å². The Morgan fingerprint density at radius 3 is 2.54 bits per heavy atom. The number of nitrogens with zero attached hydrogens (tertiary/aromatic N) is 5. The summed E-state index contributed by atoms with van der Waals surface area (Å²) in [5.41, 5.74) is 1.02. The summed E-state index contributed by atoms with van der Waals surface area (Å²) in [5, 5.41) is 4.55. The van der Waals surface area contributed by atoms with Crippen molar-refractivity contribution >= 4 is 23.2 Å². The molecule has 1 saturated heterocycles. The number of hydrogen-bond acceptors (Lipinski definition) is 4. The molecule has 0 unspecified atom stereocenters. The molecule has 0 aliphatic carbocycles. The van der Waals surface area contributed by atoms with Crippen LogP contribution in [-0.4, -0.2) is 32.7 Å². The van der Waals surface area contributed by atoms with Gasteiger partial charge in [0.25, 0.3) is 5.78 Å². The fourth-order valence-electron chi connectivity index (χ4n) is 3.27. The Hall–Kier alpha value is -2.21. The van der Waals surface area contributed by atoms with E-state index in [1.807, 2.05) is 0 Å². The molecule has 1 aliphatic heterocycles. The predicted molar refractivity (Wildman–Crippen MR) is 91.9 cm³/mol. The van der Waals surface area contributed by atoms with Crippen LogP contribution in [0.2, 0.25) is 5.15 Å². The van der Waals surface area contributed by atoms with E-state index in [1.165, 1.54) is 25.2 Å². The van der Waals surface area contributed by atoms with Gasteiger partial charge in [-0.15, -0.1) is 0 Å². The van der Waals surface area contributed by atoms with Gasteiger partial charge in [-0.1, -0.05) is 42.6 Å². The van der Waals surface area contributed by atoms with Crippen LogP contribution in [0.1, 0.15) is 25.7 Å². The van der Waals surface area contributed by atoms with Crippen LogP contribution in [0.4, 0.5) is 10.2 Å². The van der Waals surface area contributed by atoms with Gasteiger partial charge in [-0.05, 0) is 18.9 Å². The zero-order valence-electron chi connectivity index (χ0n) is 13.1. The summed E-state index contributed by atoms with van der Waals surface area (Å²) in [6.07, 6.45) is 6.03. The van der Waals surface area contributed by atoms with Crippen molar-refractivity contribution in [2.24, 2.45) is 0 Å². The molecule has 124 valence electrons. The fourth-order valence-corrected chi connectivity index (χ4v) is 3.53. The normalized spacial score (nSPS) is 15.7. The molecule has 2 aromatic heterocycles. The molecule has 1 fully saturated rings. The zero-order chi connectivity index (χ0) is 16.5. The second-order valence-corrected chi connectivity index (χ2v) is 6.31. The molecule has 0 bridgehead atoms. The van der Waals surface area contributed by atoms with Crippen molar-refractivity contribution in [3.05, 3.63) is 41.6 Å². The van der Waals surface area contributed by atoms with Crippen LogP contribution in [0.25, 0.3) is 16.9 Å². The molecular formula is C17H17ClFN5. The largest absolute Gasteiger partial charge is 0.356 e. The molecule has 3 heterocycles. The number of rotatable bonds is 2. The van der Waals surface area contributed by atoms with Gasteiger partial charge in [0, 0.05) is 18.7 Å². The second-order valence-electron chi connectivity index (χ2n) is 5.95. The van der Waals surface area contributed by atoms with E-state index in [1.54, 1.807) is 22.7 Å². The number of halogens is 2. The van der Waals surface area contributed by atoms with Gasteiger partial charge in [0.1, 0.15) is 23.1 Å². The highest BCUT2D eigenvalue weighted by Crippen LogP contribution is 2.38. The Balaban J connectivity index is 1.99. The third kappa shape index (κ3) is 2.60. The van der Waals surface area contributed by atoms with Gasteiger partial charge in [-0.25, -0.2) is 4.39 Å². The van der Waals surface area contributed by atoms with Crippen molar-refractivity contribution in [2.75, 3.05) is 18.0 Å². The molecule has 4 rings (SSSR count). The van der Waals surface area contributed by atoms with Crippen molar-refractivity contribution < 1.29 is 4.39 Å². The highest BCUT2D eigenvalue weighted by atomic mass is 35.5. The first-order chi connectivity index (χ1) is 11.8. The fraction of sp³-hybridized carbons (Fsp3) is 0.353. The van der Waals surface area contributed by atoms with E-state index in [0.717, 1.165) is 31.7 Å². The first-order valence-corrected chi connectivity index (χ1v) is 8.52. The SMILES string of the molecule is Fc1ccccc1-c1c(Cl)nc2ncnn2c1N1CCCCCC1. The summed E-state index contributed by atoms with van der Waals surface area (Å²) < 4.78 is 16.1. The van der Waals surface area contributed by atoms with Crippen molar-refractivity contribution in [1.29, 1.82) is 0 Å². The van der Waals surface area contributed by atoms with E-state index in [-0.39, 0.29) is 11.0 Å². The zero-order valence-corrected chi connectivity index (χ0v) is 13.9. The second kappa shape index (κ2) is 6.36. The van der Waals surface area contributed by atoms with E-state index >= 15 is 0 Å². The smallest absolute Gasteiger partial charge is 0.255 e. The van der Waals surface area contributed by atoms with Gasteiger partial charge >= 0.3 is 0 Å². The number of anilines is 1. The van der Waals surface area contributed by atoms with E-state index in [4.69, 9.17) is 11.6 Å². The Labute approximate surface area is 144 Å². The Morgan fingerprint density at radius 2 is 1.79 bits per heavy atom. The number of aromatic nitrogens is 4. The topological polar surface area (TPSA) is 46.3 Å². The molecule has 0 amide bonds. The maximum atomic E-state index is 14.5. The highest BCUT2D eigenvalue weighted by molar-refractivity contribution is 6.33. The molecule has 0 atom stereocenters. The third-order valence-corrected chi connectivity index (χ3v) is 4.68. The summed E-state index contributed by atoms with van der Waals surface area (Å²) in [4.78, 5) is 10.7. The number of benzene rings is 1. The first kappa shape index (κ1) is 15.3. The summed E-state index contributed by atoms with van der Waals surface area (Å²) in [7, 11) is 0. The summed E-state index contributed by atoms with van der Waals surface area (Å²) >= 11 is 6.45. The van der Waals surface area contributed by atoms with Gasteiger partial charge in [-0.3, -0.25) is 0 Å². The van der Waals surface area contributed by atoms with Crippen LogP contribution in [0.15, 0.2) is 30.6 Å². The summed E-state index contributed by atoms with van der Waals surface area (Å²) in [6, 6.07) is 6.62. The van der Waals surface area contributed by atoms with Crippen LogP contribution in [0.3, 0.4) is 0 Å². The highest BCUT2D eigenvalue weighted by Gasteiger charge is 2.24. The van der Waals surface area contributed by atoms with Crippen LogP contribution in [0.5, 0.6) is 0 Å².